The molecule has 0 bridgehead atoms. The Balaban J connectivity index is 1.98. The highest BCUT2D eigenvalue weighted by Crippen LogP contribution is 2.34. The van der Waals surface area contributed by atoms with Gasteiger partial charge in [-0.1, -0.05) is 25.1 Å². The number of aromatic nitrogens is 1. The largest absolute Gasteiger partial charge is 0.439 e. The summed E-state index contributed by atoms with van der Waals surface area (Å²) in [7, 11) is 0. The highest BCUT2D eigenvalue weighted by atomic mass is 32.1. The summed E-state index contributed by atoms with van der Waals surface area (Å²) in [6, 6.07) is 8.50. The second kappa shape index (κ2) is 5.15. The fourth-order valence-corrected chi connectivity index (χ4v) is 3.12. The van der Waals surface area contributed by atoms with Crippen LogP contribution in [0.15, 0.2) is 40.3 Å². The lowest BCUT2D eigenvalue weighted by Crippen LogP contribution is -2.17. The normalized spacial score (nSPS) is 12.9. The van der Waals surface area contributed by atoms with Crippen molar-refractivity contribution in [2.75, 3.05) is 6.54 Å². The molecule has 0 saturated carbocycles. The van der Waals surface area contributed by atoms with Crippen LogP contribution in [0.5, 0.6) is 0 Å². The van der Waals surface area contributed by atoms with Crippen LogP contribution in [-0.4, -0.2) is 11.5 Å². The number of hydrogen-bond donors (Lipinski definition) is 1. The zero-order valence-electron chi connectivity index (χ0n) is 11.0. The van der Waals surface area contributed by atoms with Crippen LogP contribution in [0, 0.1) is 0 Å². The molecule has 98 valence electrons. The Hall–Kier alpha value is -1.65. The van der Waals surface area contributed by atoms with Crippen molar-refractivity contribution >= 4 is 21.4 Å². The third kappa shape index (κ3) is 2.29. The summed E-state index contributed by atoms with van der Waals surface area (Å²) >= 11 is 1.73. The predicted molar refractivity (Wildman–Crippen MR) is 79.4 cm³/mol. The zero-order valence-corrected chi connectivity index (χ0v) is 11.8. The molecule has 0 aliphatic rings. The minimum atomic E-state index is 0.142. The number of hydrogen-bond acceptors (Lipinski definition) is 4. The highest BCUT2D eigenvalue weighted by molar-refractivity contribution is 7.17. The number of nitrogens with one attached hydrogen (secondary N) is 1. The summed E-state index contributed by atoms with van der Waals surface area (Å²) in [4.78, 5) is 4.37. The standard InChI is InChI=1S/C15H16N2OS/c1-3-16-10(2)15-17-8-13(18-15)12-9-19-14-7-5-4-6-11(12)14/h4-10,16H,3H2,1-2H3. The van der Waals surface area contributed by atoms with Gasteiger partial charge in [-0.05, 0) is 19.5 Å². The maximum absolute atomic E-state index is 5.88. The third-order valence-corrected chi connectivity index (χ3v) is 4.11. The van der Waals surface area contributed by atoms with E-state index >= 15 is 0 Å². The Bertz CT molecular complexity index is 686. The van der Waals surface area contributed by atoms with Crippen molar-refractivity contribution in [2.45, 2.75) is 19.9 Å². The van der Waals surface area contributed by atoms with Crippen molar-refractivity contribution in [3.05, 3.63) is 41.7 Å². The van der Waals surface area contributed by atoms with Crippen molar-refractivity contribution in [1.82, 2.24) is 10.3 Å². The predicted octanol–water partition coefficient (Wildman–Crippen LogP) is 4.23. The van der Waals surface area contributed by atoms with Gasteiger partial charge >= 0.3 is 0 Å². The maximum Gasteiger partial charge on any atom is 0.211 e. The molecule has 3 aromatic rings. The first-order chi connectivity index (χ1) is 9.29. The van der Waals surface area contributed by atoms with Crippen LogP contribution in [-0.2, 0) is 0 Å². The minimum absolute atomic E-state index is 0.142. The van der Waals surface area contributed by atoms with Crippen molar-refractivity contribution in [3.63, 3.8) is 0 Å². The molecule has 0 fully saturated rings. The molecule has 1 N–H and O–H groups in total. The highest BCUT2D eigenvalue weighted by Gasteiger charge is 2.14. The van der Waals surface area contributed by atoms with Gasteiger partial charge in [0.05, 0.1) is 12.2 Å². The van der Waals surface area contributed by atoms with Crippen molar-refractivity contribution in [2.24, 2.45) is 0 Å². The number of nitrogens with zero attached hydrogens (tertiary/aromatic N) is 1. The Labute approximate surface area is 116 Å². The molecule has 4 heteroatoms. The summed E-state index contributed by atoms with van der Waals surface area (Å²) in [5, 5.41) is 6.66. The number of oxazole rings is 1. The lowest BCUT2D eigenvalue weighted by Gasteiger charge is -2.06. The first-order valence-corrected chi connectivity index (χ1v) is 7.33. The molecule has 3 rings (SSSR count). The van der Waals surface area contributed by atoms with E-state index in [1.807, 2.05) is 6.20 Å². The molecule has 0 spiro atoms. The summed E-state index contributed by atoms with van der Waals surface area (Å²) in [5.41, 5.74) is 1.13. The average molecular weight is 272 g/mol. The fraction of sp³-hybridized carbons (Fsp3) is 0.267. The summed E-state index contributed by atoms with van der Waals surface area (Å²) in [6.07, 6.45) is 1.82. The second-order valence-electron chi connectivity index (χ2n) is 4.49. The molecule has 0 radical (unpaired) electrons. The van der Waals surface area contributed by atoms with Gasteiger partial charge in [0.1, 0.15) is 0 Å². The van der Waals surface area contributed by atoms with E-state index in [-0.39, 0.29) is 6.04 Å². The molecule has 2 heterocycles. The summed E-state index contributed by atoms with van der Waals surface area (Å²) < 4.78 is 7.16. The van der Waals surface area contributed by atoms with Gasteiger partial charge in [-0.25, -0.2) is 4.98 Å². The molecular weight excluding hydrogens is 256 g/mol. The zero-order chi connectivity index (χ0) is 13.2. The molecule has 1 unspecified atom stereocenters. The van der Waals surface area contributed by atoms with E-state index in [4.69, 9.17) is 4.42 Å². The maximum atomic E-state index is 5.88. The van der Waals surface area contributed by atoms with Gasteiger partial charge in [0.15, 0.2) is 5.76 Å². The second-order valence-corrected chi connectivity index (χ2v) is 5.40. The van der Waals surface area contributed by atoms with Gasteiger partial charge in [-0.15, -0.1) is 11.3 Å². The Morgan fingerprint density at radius 2 is 2.21 bits per heavy atom. The van der Waals surface area contributed by atoms with Crippen LogP contribution in [0.4, 0.5) is 0 Å². The molecule has 3 nitrogen and oxygen atoms in total. The van der Waals surface area contributed by atoms with E-state index in [9.17, 15) is 0 Å². The lowest BCUT2D eigenvalue weighted by atomic mass is 10.1. The van der Waals surface area contributed by atoms with Crippen LogP contribution in [0.3, 0.4) is 0 Å². The Morgan fingerprint density at radius 3 is 3.05 bits per heavy atom. The third-order valence-electron chi connectivity index (χ3n) is 3.15. The van der Waals surface area contributed by atoms with Crippen LogP contribution >= 0.6 is 11.3 Å². The number of fused-ring (bicyclic) bond motifs is 1. The topological polar surface area (TPSA) is 38.1 Å². The SMILES string of the molecule is CCNC(C)c1ncc(-c2csc3ccccc23)o1. The molecule has 0 amide bonds. The van der Waals surface area contributed by atoms with Crippen LogP contribution in [0.2, 0.25) is 0 Å². The molecule has 0 aliphatic heterocycles. The first kappa shape index (κ1) is 12.4. The summed E-state index contributed by atoms with van der Waals surface area (Å²) in [6.45, 7) is 5.04. The molecule has 2 aromatic heterocycles. The number of benzene rings is 1. The van der Waals surface area contributed by atoms with Crippen LogP contribution in [0.1, 0.15) is 25.8 Å². The molecule has 1 atom stereocenters. The van der Waals surface area contributed by atoms with Gasteiger partial charge in [-0.3, -0.25) is 0 Å². The van der Waals surface area contributed by atoms with E-state index in [2.05, 4.69) is 53.8 Å². The van der Waals surface area contributed by atoms with Gasteiger partial charge in [0.2, 0.25) is 5.89 Å². The smallest absolute Gasteiger partial charge is 0.211 e. The lowest BCUT2D eigenvalue weighted by molar-refractivity contribution is 0.429. The van der Waals surface area contributed by atoms with E-state index in [0.29, 0.717) is 0 Å². The van der Waals surface area contributed by atoms with Gasteiger partial charge in [-0.2, -0.15) is 0 Å². The van der Waals surface area contributed by atoms with Crippen molar-refractivity contribution < 1.29 is 4.42 Å². The van der Waals surface area contributed by atoms with Crippen LogP contribution < -0.4 is 5.32 Å². The number of thiophene rings is 1. The van der Waals surface area contributed by atoms with E-state index < -0.39 is 0 Å². The Kier molecular flexibility index (Phi) is 3.36. The molecule has 1 aromatic carbocycles. The fourth-order valence-electron chi connectivity index (χ4n) is 2.17. The van der Waals surface area contributed by atoms with Crippen LogP contribution in [0.25, 0.3) is 21.4 Å². The van der Waals surface area contributed by atoms with Gasteiger partial charge in [0, 0.05) is 21.0 Å². The quantitative estimate of drug-likeness (QED) is 0.772. The molecular formula is C15H16N2OS. The monoisotopic (exact) mass is 272 g/mol. The first-order valence-electron chi connectivity index (χ1n) is 6.45. The van der Waals surface area contributed by atoms with Gasteiger partial charge < -0.3 is 9.73 Å². The molecule has 19 heavy (non-hydrogen) atoms. The van der Waals surface area contributed by atoms with E-state index in [0.717, 1.165) is 23.8 Å². The Morgan fingerprint density at radius 1 is 1.37 bits per heavy atom. The van der Waals surface area contributed by atoms with E-state index in [1.54, 1.807) is 11.3 Å². The van der Waals surface area contributed by atoms with E-state index in [1.165, 1.54) is 10.1 Å². The summed E-state index contributed by atoms with van der Waals surface area (Å²) in [5.74, 6) is 1.59. The minimum Gasteiger partial charge on any atom is -0.439 e. The van der Waals surface area contributed by atoms with Gasteiger partial charge in [0.25, 0.3) is 0 Å². The molecule has 0 aliphatic carbocycles. The average Bonchev–Trinajstić information content (AvgIpc) is 3.05. The van der Waals surface area contributed by atoms with Crippen molar-refractivity contribution in [1.29, 1.82) is 0 Å². The number of rotatable bonds is 4. The van der Waals surface area contributed by atoms with Crippen molar-refractivity contribution in [3.8, 4) is 11.3 Å². The molecule has 0 saturated heterocycles.